The monoisotopic (exact) mass is 226 g/mol. The fourth-order valence-corrected chi connectivity index (χ4v) is 1.61. The molecular formula is C11H18N2O3. The molecule has 0 aliphatic heterocycles. The summed E-state index contributed by atoms with van der Waals surface area (Å²) in [6.07, 6.45) is 0.982. The SMILES string of the molecule is CCCn1[nH]c(=O)c(CC(=O)OCC)c1C. The zero-order chi connectivity index (χ0) is 12.1. The second-order valence-corrected chi connectivity index (χ2v) is 3.64. The summed E-state index contributed by atoms with van der Waals surface area (Å²) in [4.78, 5) is 22.9. The van der Waals surface area contributed by atoms with Crippen LogP contribution in [0.4, 0.5) is 0 Å². The molecule has 0 spiro atoms. The highest BCUT2D eigenvalue weighted by molar-refractivity contribution is 5.72. The molecule has 0 atom stereocenters. The van der Waals surface area contributed by atoms with Crippen LogP contribution in [0.5, 0.6) is 0 Å². The number of esters is 1. The van der Waals surface area contributed by atoms with Crippen LogP contribution >= 0.6 is 0 Å². The number of aryl methyl sites for hydroxylation is 1. The number of hydrogen-bond donors (Lipinski definition) is 1. The molecule has 1 heterocycles. The maximum absolute atomic E-state index is 11.6. The number of nitrogens with one attached hydrogen (secondary N) is 1. The van der Waals surface area contributed by atoms with Gasteiger partial charge in [-0.1, -0.05) is 6.92 Å². The van der Waals surface area contributed by atoms with Crippen LogP contribution in [0.3, 0.4) is 0 Å². The van der Waals surface area contributed by atoms with Crippen molar-refractivity contribution < 1.29 is 9.53 Å². The normalized spacial score (nSPS) is 10.4. The van der Waals surface area contributed by atoms with Gasteiger partial charge in [-0.3, -0.25) is 19.4 Å². The second kappa shape index (κ2) is 5.53. The summed E-state index contributed by atoms with van der Waals surface area (Å²) in [6.45, 7) is 6.71. The van der Waals surface area contributed by atoms with Gasteiger partial charge in [0.1, 0.15) is 0 Å². The Bertz CT molecular complexity index is 417. The molecule has 0 unspecified atom stereocenters. The summed E-state index contributed by atoms with van der Waals surface area (Å²) >= 11 is 0. The smallest absolute Gasteiger partial charge is 0.310 e. The van der Waals surface area contributed by atoms with Crippen molar-refractivity contribution in [2.45, 2.75) is 40.2 Å². The molecule has 0 aliphatic carbocycles. The lowest BCUT2D eigenvalue weighted by atomic mass is 10.2. The van der Waals surface area contributed by atoms with Gasteiger partial charge < -0.3 is 4.74 Å². The third-order valence-corrected chi connectivity index (χ3v) is 2.43. The van der Waals surface area contributed by atoms with Crippen LogP contribution in [0.25, 0.3) is 0 Å². The Morgan fingerprint density at radius 1 is 1.44 bits per heavy atom. The number of rotatable bonds is 5. The van der Waals surface area contributed by atoms with E-state index in [1.165, 1.54) is 0 Å². The average molecular weight is 226 g/mol. The first-order valence-electron chi connectivity index (χ1n) is 5.54. The lowest BCUT2D eigenvalue weighted by molar-refractivity contribution is -0.142. The highest BCUT2D eigenvalue weighted by atomic mass is 16.5. The van der Waals surface area contributed by atoms with Crippen molar-refractivity contribution in [1.82, 2.24) is 9.78 Å². The van der Waals surface area contributed by atoms with Gasteiger partial charge in [0.05, 0.1) is 18.6 Å². The van der Waals surface area contributed by atoms with Crippen molar-refractivity contribution in [1.29, 1.82) is 0 Å². The fraction of sp³-hybridized carbons (Fsp3) is 0.636. The van der Waals surface area contributed by atoms with E-state index in [4.69, 9.17) is 4.74 Å². The fourth-order valence-electron chi connectivity index (χ4n) is 1.61. The molecule has 0 radical (unpaired) electrons. The predicted molar refractivity (Wildman–Crippen MR) is 60.4 cm³/mol. The molecular weight excluding hydrogens is 208 g/mol. The molecule has 0 saturated heterocycles. The topological polar surface area (TPSA) is 64.1 Å². The van der Waals surface area contributed by atoms with Crippen LogP contribution in [0.15, 0.2) is 4.79 Å². The van der Waals surface area contributed by atoms with E-state index in [2.05, 4.69) is 5.10 Å². The standard InChI is InChI=1S/C11H18N2O3/c1-4-6-13-8(3)9(11(15)12-13)7-10(14)16-5-2/h4-7H2,1-3H3,(H,12,15). The minimum Gasteiger partial charge on any atom is -0.466 e. The Labute approximate surface area is 94.4 Å². The minimum atomic E-state index is -0.356. The molecule has 1 aromatic heterocycles. The Balaban J connectivity index is 2.88. The summed E-state index contributed by atoms with van der Waals surface area (Å²) in [5.74, 6) is -0.356. The van der Waals surface area contributed by atoms with E-state index in [1.54, 1.807) is 11.6 Å². The van der Waals surface area contributed by atoms with Gasteiger partial charge in [0.2, 0.25) is 0 Å². The Kier molecular flexibility index (Phi) is 4.34. The van der Waals surface area contributed by atoms with Crippen LogP contribution in [-0.2, 0) is 22.5 Å². The molecule has 0 amide bonds. The summed E-state index contributed by atoms with van der Waals surface area (Å²) in [7, 11) is 0. The maximum atomic E-state index is 11.6. The van der Waals surface area contributed by atoms with Crippen molar-refractivity contribution in [2.75, 3.05) is 6.61 Å². The van der Waals surface area contributed by atoms with Gasteiger partial charge in [0, 0.05) is 12.2 Å². The number of aromatic nitrogens is 2. The predicted octanol–water partition coefficient (Wildman–Crippen LogP) is 1.00. The van der Waals surface area contributed by atoms with E-state index >= 15 is 0 Å². The molecule has 0 saturated carbocycles. The number of ether oxygens (including phenoxy) is 1. The van der Waals surface area contributed by atoms with Crippen molar-refractivity contribution in [3.63, 3.8) is 0 Å². The molecule has 5 heteroatoms. The molecule has 1 rings (SSSR count). The minimum absolute atomic E-state index is 0.0473. The molecule has 16 heavy (non-hydrogen) atoms. The van der Waals surface area contributed by atoms with Crippen molar-refractivity contribution >= 4 is 5.97 Å². The summed E-state index contributed by atoms with van der Waals surface area (Å²) in [5.41, 5.74) is 1.13. The maximum Gasteiger partial charge on any atom is 0.310 e. The van der Waals surface area contributed by atoms with Crippen molar-refractivity contribution in [3.05, 3.63) is 21.6 Å². The van der Waals surface area contributed by atoms with Gasteiger partial charge in [-0.15, -0.1) is 0 Å². The van der Waals surface area contributed by atoms with E-state index in [-0.39, 0.29) is 17.9 Å². The van der Waals surface area contributed by atoms with Gasteiger partial charge in [0.15, 0.2) is 0 Å². The first-order chi connectivity index (χ1) is 7.60. The van der Waals surface area contributed by atoms with Crippen LogP contribution in [0.2, 0.25) is 0 Å². The summed E-state index contributed by atoms with van der Waals surface area (Å²) in [5, 5.41) is 2.71. The van der Waals surface area contributed by atoms with Gasteiger partial charge in [-0.25, -0.2) is 0 Å². The second-order valence-electron chi connectivity index (χ2n) is 3.64. The third-order valence-electron chi connectivity index (χ3n) is 2.43. The van der Waals surface area contributed by atoms with E-state index in [0.717, 1.165) is 18.7 Å². The average Bonchev–Trinajstić information content (AvgIpc) is 2.47. The third kappa shape index (κ3) is 2.74. The summed E-state index contributed by atoms with van der Waals surface area (Å²) in [6, 6.07) is 0. The van der Waals surface area contributed by atoms with Crippen molar-refractivity contribution in [3.8, 4) is 0 Å². The molecule has 90 valence electrons. The molecule has 0 fully saturated rings. The molecule has 1 aromatic rings. The van der Waals surface area contributed by atoms with E-state index < -0.39 is 0 Å². The highest BCUT2D eigenvalue weighted by Gasteiger charge is 2.14. The first kappa shape index (κ1) is 12.5. The Hall–Kier alpha value is -1.52. The lowest BCUT2D eigenvalue weighted by Gasteiger charge is -2.03. The van der Waals surface area contributed by atoms with Crippen LogP contribution in [-0.4, -0.2) is 22.4 Å². The quantitative estimate of drug-likeness (QED) is 0.762. The number of H-pyrrole nitrogens is 1. The Morgan fingerprint density at radius 3 is 2.69 bits per heavy atom. The van der Waals surface area contributed by atoms with Gasteiger partial charge in [0.25, 0.3) is 5.56 Å². The molecule has 5 nitrogen and oxygen atoms in total. The van der Waals surface area contributed by atoms with E-state index in [9.17, 15) is 9.59 Å². The van der Waals surface area contributed by atoms with E-state index in [1.807, 2.05) is 13.8 Å². The molecule has 0 aromatic carbocycles. The van der Waals surface area contributed by atoms with Crippen LogP contribution in [0, 0.1) is 6.92 Å². The lowest BCUT2D eigenvalue weighted by Crippen LogP contribution is -2.14. The molecule has 0 bridgehead atoms. The zero-order valence-electron chi connectivity index (χ0n) is 10.0. The van der Waals surface area contributed by atoms with Gasteiger partial charge in [-0.05, 0) is 20.3 Å². The molecule has 0 aliphatic rings. The number of nitrogens with zero attached hydrogens (tertiary/aromatic N) is 1. The van der Waals surface area contributed by atoms with Crippen LogP contribution in [0.1, 0.15) is 31.5 Å². The highest BCUT2D eigenvalue weighted by Crippen LogP contribution is 2.04. The number of aromatic amines is 1. The van der Waals surface area contributed by atoms with Crippen molar-refractivity contribution in [2.24, 2.45) is 0 Å². The first-order valence-corrected chi connectivity index (χ1v) is 5.54. The number of carbonyl (C=O) groups is 1. The van der Waals surface area contributed by atoms with E-state index in [0.29, 0.717) is 12.2 Å². The van der Waals surface area contributed by atoms with Crippen LogP contribution < -0.4 is 5.56 Å². The largest absolute Gasteiger partial charge is 0.466 e. The number of carbonyl (C=O) groups excluding carboxylic acids is 1. The zero-order valence-corrected chi connectivity index (χ0v) is 10.0. The van der Waals surface area contributed by atoms with Gasteiger partial charge >= 0.3 is 5.97 Å². The Morgan fingerprint density at radius 2 is 2.12 bits per heavy atom. The number of hydrogen-bond acceptors (Lipinski definition) is 3. The van der Waals surface area contributed by atoms with Gasteiger partial charge in [-0.2, -0.15) is 0 Å². The molecule has 1 N–H and O–H groups in total. The summed E-state index contributed by atoms with van der Waals surface area (Å²) < 4.78 is 6.60.